The van der Waals surface area contributed by atoms with Crippen molar-refractivity contribution in [2.75, 3.05) is 0 Å². The highest BCUT2D eigenvalue weighted by Crippen LogP contribution is 2.65. The summed E-state index contributed by atoms with van der Waals surface area (Å²) in [5.74, 6) is -0.801. The molecule has 1 aliphatic heterocycles. The summed E-state index contributed by atoms with van der Waals surface area (Å²) in [5, 5.41) is 0. The minimum Gasteiger partial charge on any atom is -0.448 e. The molecule has 1 amide bonds. The monoisotopic (exact) mass is 197 g/mol. The molecule has 2 bridgehead atoms. The average molecular weight is 197 g/mol. The number of nitrogens with two attached hydrogens (primary N) is 1. The third kappa shape index (κ3) is 0.645. The molecule has 0 aromatic heterocycles. The van der Waals surface area contributed by atoms with E-state index in [1.165, 1.54) is 0 Å². The van der Waals surface area contributed by atoms with Gasteiger partial charge in [0.25, 0.3) is 5.91 Å². The van der Waals surface area contributed by atoms with Gasteiger partial charge in [0.15, 0.2) is 5.60 Å². The second-order valence-electron chi connectivity index (χ2n) is 5.04. The zero-order valence-corrected chi connectivity index (χ0v) is 8.72. The molecule has 14 heavy (non-hydrogen) atoms. The minimum absolute atomic E-state index is 0.285. The first kappa shape index (κ1) is 9.49. The highest BCUT2D eigenvalue weighted by atomic mass is 16.6. The van der Waals surface area contributed by atoms with Gasteiger partial charge in [-0.05, 0) is 19.8 Å². The van der Waals surface area contributed by atoms with Crippen molar-refractivity contribution in [1.82, 2.24) is 0 Å². The third-order valence-corrected chi connectivity index (χ3v) is 4.48. The van der Waals surface area contributed by atoms with Crippen molar-refractivity contribution in [3.63, 3.8) is 0 Å². The molecule has 0 aromatic rings. The number of carbonyl (C=O) groups is 2. The van der Waals surface area contributed by atoms with Crippen LogP contribution in [0.5, 0.6) is 0 Å². The van der Waals surface area contributed by atoms with Gasteiger partial charge < -0.3 is 10.5 Å². The molecule has 0 radical (unpaired) electrons. The molecule has 1 saturated heterocycles. The summed E-state index contributed by atoms with van der Waals surface area (Å²) in [6, 6.07) is 0. The summed E-state index contributed by atoms with van der Waals surface area (Å²) in [6.45, 7) is 5.62. The Kier molecular flexibility index (Phi) is 1.44. The third-order valence-electron chi connectivity index (χ3n) is 4.48. The first-order valence-electron chi connectivity index (χ1n) is 4.81. The second-order valence-corrected chi connectivity index (χ2v) is 5.04. The van der Waals surface area contributed by atoms with Gasteiger partial charge in [0.2, 0.25) is 0 Å². The number of ether oxygens (including phenoxy) is 1. The van der Waals surface area contributed by atoms with E-state index in [9.17, 15) is 9.59 Å². The molecule has 2 fully saturated rings. The van der Waals surface area contributed by atoms with Crippen molar-refractivity contribution in [1.29, 1.82) is 0 Å². The van der Waals surface area contributed by atoms with E-state index in [-0.39, 0.29) is 5.97 Å². The fourth-order valence-corrected chi connectivity index (χ4v) is 2.78. The normalized spacial score (nSPS) is 43.8. The van der Waals surface area contributed by atoms with Crippen LogP contribution in [0.3, 0.4) is 0 Å². The molecule has 0 spiro atoms. The van der Waals surface area contributed by atoms with Crippen LogP contribution in [-0.2, 0) is 14.3 Å². The lowest BCUT2D eigenvalue weighted by atomic mass is 9.66. The van der Waals surface area contributed by atoms with E-state index < -0.39 is 22.3 Å². The molecule has 1 heterocycles. The van der Waals surface area contributed by atoms with Crippen molar-refractivity contribution in [3.8, 4) is 0 Å². The average Bonchev–Trinajstić information content (AvgIpc) is 2.34. The van der Waals surface area contributed by atoms with Crippen LogP contribution in [0.25, 0.3) is 0 Å². The lowest BCUT2D eigenvalue weighted by Crippen LogP contribution is -2.51. The van der Waals surface area contributed by atoms with Crippen LogP contribution >= 0.6 is 0 Å². The highest BCUT2D eigenvalue weighted by molar-refractivity contribution is 5.95. The lowest BCUT2D eigenvalue weighted by Gasteiger charge is -2.33. The van der Waals surface area contributed by atoms with E-state index >= 15 is 0 Å². The summed E-state index contributed by atoms with van der Waals surface area (Å²) in [4.78, 5) is 23.1. The van der Waals surface area contributed by atoms with E-state index in [4.69, 9.17) is 10.5 Å². The number of amides is 1. The fourth-order valence-electron chi connectivity index (χ4n) is 2.78. The van der Waals surface area contributed by atoms with Crippen LogP contribution in [0.1, 0.15) is 33.6 Å². The van der Waals surface area contributed by atoms with Crippen LogP contribution in [0, 0.1) is 10.8 Å². The van der Waals surface area contributed by atoms with E-state index in [1.54, 1.807) is 0 Å². The van der Waals surface area contributed by atoms with E-state index in [0.29, 0.717) is 12.8 Å². The van der Waals surface area contributed by atoms with Gasteiger partial charge >= 0.3 is 5.97 Å². The maximum absolute atomic E-state index is 11.7. The zero-order chi connectivity index (χ0) is 10.8. The summed E-state index contributed by atoms with van der Waals surface area (Å²) in [7, 11) is 0. The molecule has 4 heteroatoms. The molecular formula is C10H15NO3. The number of hydrogen-bond donors (Lipinski definition) is 1. The molecule has 78 valence electrons. The van der Waals surface area contributed by atoms with E-state index in [2.05, 4.69) is 0 Å². The summed E-state index contributed by atoms with van der Waals surface area (Å²) < 4.78 is 5.21. The Balaban J connectivity index is 2.60. The van der Waals surface area contributed by atoms with Gasteiger partial charge in [0.05, 0.1) is 5.41 Å². The Morgan fingerprint density at radius 2 is 1.93 bits per heavy atom. The zero-order valence-electron chi connectivity index (χ0n) is 8.72. The van der Waals surface area contributed by atoms with Crippen LogP contribution in [0.4, 0.5) is 0 Å². The Hall–Kier alpha value is -1.06. The van der Waals surface area contributed by atoms with Crippen molar-refractivity contribution < 1.29 is 14.3 Å². The predicted molar refractivity (Wildman–Crippen MR) is 49.1 cm³/mol. The SMILES string of the molecule is CC1(C)[C@]2(C)CC[C@]1(C(N)=O)OC2=O. The maximum atomic E-state index is 11.7. The van der Waals surface area contributed by atoms with Crippen LogP contribution in [-0.4, -0.2) is 17.5 Å². The smallest absolute Gasteiger partial charge is 0.313 e. The van der Waals surface area contributed by atoms with E-state index in [1.807, 2.05) is 20.8 Å². The molecule has 2 rings (SSSR count). The fraction of sp³-hybridized carbons (Fsp3) is 0.800. The number of fused-ring (bicyclic) bond motifs is 2. The molecule has 0 aromatic carbocycles. The Morgan fingerprint density at radius 1 is 1.36 bits per heavy atom. The Labute approximate surface area is 82.8 Å². The van der Waals surface area contributed by atoms with Gasteiger partial charge in [-0.1, -0.05) is 13.8 Å². The topological polar surface area (TPSA) is 69.4 Å². The Bertz CT molecular complexity index is 336. The minimum atomic E-state index is -1.07. The lowest BCUT2D eigenvalue weighted by molar-refractivity contribution is -0.166. The molecular weight excluding hydrogens is 182 g/mol. The molecule has 1 saturated carbocycles. The number of rotatable bonds is 1. The van der Waals surface area contributed by atoms with Crippen molar-refractivity contribution in [2.24, 2.45) is 16.6 Å². The van der Waals surface area contributed by atoms with Gasteiger partial charge in [-0.15, -0.1) is 0 Å². The molecule has 2 aliphatic rings. The molecule has 0 unspecified atom stereocenters. The molecule has 4 nitrogen and oxygen atoms in total. The van der Waals surface area contributed by atoms with Gasteiger partial charge in [-0.3, -0.25) is 9.59 Å². The quantitative estimate of drug-likeness (QED) is 0.625. The van der Waals surface area contributed by atoms with Crippen LogP contribution < -0.4 is 5.73 Å². The largest absolute Gasteiger partial charge is 0.448 e. The summed E-state index contributed by atoms with van der Waals surface area (Å²) in [6.07, 6.45) is 1.24. The van der Waals surface area contributed by atoms with Gasteiger partial charge in [-0.25, -0.2) is 0 Å². The highest BCUT2D eigenvalue weighted by Gasteiger charge is 2.75. The molecule has 2 atom stereocenters. The van der Waals surface area contributed by atoms with Crippen LogP contribution in [0.15, 0.2) is 0 Å². The standard InChI is InChI=1S/C10H15NO3/c1-8(2)9(3)4-5-10(8,6(11)12)14-7(9)13/h4-5H2,1-3H3,(H2,11,12)/t9-,10-/m1/s1. The van der Waals surface area contributed by atoms with Gasteiger partial charge in [0.1, 0.15) is 0 Å². The summed E-state index contributed by atoms with van der Waals surface area (Å²) in [5.41, 5.74) is 3.23. The van der Waals surface area contributed by atoms with Crippen molar-refractivity contribution in [3.05, 3.63) is 0 Å². The maximum Gasteiger partial charge on any atom is 0.313 e. The summed E-state index contributed by atoms with van der Waals surface area (Å²) >= 11 is 0. The van der Waals surface area contributed by atoms with Crippen LogP contribution in [0.2, 0.25) is 0 Å². The van der Waals surface area contributed by atoms with Gasteiger partial charge in [0, 0.05) is 5.41 Å². The molecule has 2 N–H and O–H groups in total. The number of hydrogen-bond acceptors (Lipinski definition) is 3. The Morgan fingerprint density at radius 3 is 2.14 bits per heavy atom. The number of esters is 1. The number of carbonyl (C=O) groups excluding carboxylic acids is 2. The predicted octanol–water partition coefficient (Wildman–Crippen LogP) is 0.594. The van der Waals surface area contributed by atoms with E-state index in [0.717, 1.165) is 0 Å². The second kappa shape index (κ2) is 2.12. The van der Waals surface area contributed by atoms with Crippen molar-refractivity contribution in [2.45, 2.75) is 39.2 Å². The number of primary amides is 1. The first-order chi connectivity index (χ1) is 6.28. The molecule has 1 aliphatic carbocycles. The first-order valence-corrected chi connectivity index (χ1v) is 4.81. The van der Waals surface area contributed by atoms with Gasteiger partial charge in [-0.2, -0.15) is 0 Å². The van der Waals surface area contributed by atoms with Crippen molar-refractivity contribution >= 4 is 11.9 Å².